The lowest BCUT2D eigenvalue weighted by Crippen LogP contribution is -2.40. The molecule has 198 valence electrons. The number of anilines is 1. The molecule has 6 N–H and O–H groups in total. The molecule has 0 unspecified atom stereocenters. The Balaban J connectivity index is 1.51. The van der Waals surface area contributed by atoms with Crippen molar-refractivity contribution in [1.82, 2.24) is 15.1 Å². The molecule has 1 aliphatic heterocycles. The van der Waals surface area contributed by atoms with Crippen LogP contribution in [-0.4, -0.2) is 74.7 Å². The summed E-state index contributed by atoms with van der Waals surface area (Å²) in [4.78, 5) is 25.1. The molecule has 2 aromatic carbocycles. The summed E-state index contributed by atoms with van der Waals surface area (Å²) in [7, 11) is 3.81. The predicted molar refractivity (Wildman–Crippen MR) is 151 cm³/mol. The van der Waals surface area contributed by atoms with E-state index >= 15 is 0 Å². The van der Waals surface area contributed by atoms with Crippen LogP contribution in [0.15, 0.2) is 64.6 Å². The van der Waals surface area contributed by atoms with Crippen LogP contribution < -0.4 is 22.1 Å². The standard InChI is InChI=1S/C27H38N8O2/c1-4-35(16-17-37-3)18-20-7-11-23(12-8-20)30-25(28)32-26(29)33-27(36)31-24-13-9-21(10-14-24)22-6-5-15-34(2)19-22/h6-14H,4-5,15-19H2,1-3H3,(H6,28,29,30,31,32,33,36). The van der Waals surface area contributed by atoms with Gasteiger partial charge in [0.25, 0.3) is 0 Å². The predicted octanol–water partition coefficient (Wildman–Crippen LogP) is 2.96. The van der Waals surface area contributed by atoms with E-state index < -0.39 is 6.03 Å². The number of methoxy groups -OCH3 is 1. The molecule has 0 spiro atoms. The summed E-state index contributed by atoms with van der Waals surface area (Å²) < 4.78 is 5.16. The lowest BCUT2D eigenvalue weighted by atomic mass is 10.0. The van der Waals surface area contributed by atoms with Crippen molar-refractivity contribution < 1.29 is 9.53 Å². The van der Waals surface area contributed by atoms with Crippen molar-refractivity contribution in [2.24, 2.45) is 21.5 Å². The zero-order chi connectivity index (χ0) is 26.6. The minimum Gasteiger partial charge on any atom is -0.383 e. The van der Waals surface area contributed by atoms with Crippen LogP contribution in [-0.2, 0) is 11.3 Å². The Hall–Kier alpha value is -3.73. The molecule has 0 atom stereocenters. The highest BCUT2D eigenvalue weighted by molar-refractivity contribution is 6.05. The van der Waals surface area contributed by atoms with Crippen LogP contribution in [0.1, 0.15) is 24.5 Å². The first-order valence-corrected chi connectivity index (χ1v) is 12.4. The fraction of sp³-hybridized carbons (Fsp3) is 0.370. The van der Waals surface area contributed by atoms with Crippen LogP contribution in [0.25, 0.3) is 5.57 Å². The fourth-order valence-corrected chi connectivity index (χ4v) is 3.96. The van der Waals surface area contributed by atoms with Crippen molar-refractivity contribution >= 4 is 34.9 Å². The van der Waals surface area contributed by atoms with Gasteiger partial charge in [0.15, 0.2) is 0 Å². The number of benzene rings is 2. The zero-order valence-electron chi connectivity index (χ0n) is 21.9. The zero-order valence-corrected chi connectivity index (χ0v) is 21.9. The number of ether oxygens (including phenoxy) is 1. The number of hydrogen-bond acceptors (Lipinski definition) is 5. The molecule has 0 saturated heterocycles. The number of carbonyl (C=O) groups excluding carboxylic acids is 1. The summed E-state index contributed by atoms with van der Waals surface area (Å²) in [6, 6.07) is 14.9. The van der Waals surface area contributed by atoms with Crippen molar-refractivity contribution in [2.45, 2.75) is 19.9 Å². The van der Waals surface area contributed by atoms with E-state index in [0.717, 1.165) is 50.3 Å². The average molecular weight is 507 g/mol. The smallest absolute Gasteiger partial charge is 0.325 e. The summed E-state index contributed by atoms with van der Waals surface area (Å²) in [6.45, 7) is 7.43. The number of nitrogens with one attached hydrogen (secondary N) is 2. The maximum atomic E-state index is 12.3. The van der Waals surface area contributed by atoms with Gasteiger partial charge in [0.1, 0.15) is 0 Å². The lowest BCUT2D eigenvalue weighted by molar-refractivity contribution is 0.147. The Morgan fingerprint density at radius 2 is 1.86 bits per heavy atom. The molecular formula is C27H38N8O2. The number of nitrogens with two attached hydrogens (primary N) is 2. The van der Waals surface area contributed by atoms with Gasteiger partial charge < -0.3 is 26.4 Å². The number of likely N-dealkylation sites (N-methyl/N-ethyl adjacent to an activating group) is 2. The number of aliphatic imine (C=N–C) groups is 2. The highest BCUT2D eigenvalue weighted by Gasteiger charge is 2.11. The third kappa shape index (κ3) is 9.34. The summed E-state index contributed by atoms with van der Waals surface area (Å²) >= 11 is 0. The minimum atomic E-state index is -0.517. The molecule has 0 fully saturated rings. The number of amides is 2. The average Bonchev–Trinajstić information content (AvgIpc) is 2.87. The quantitative estimate of drug-likeness (QED) is 0.305. The molecule has 3 rings (SSSR count). The van der Waals surface area contributed by atoms with Gasteiger partial charge in [-0.15, -0.1) is 0 Å². The normalized spacial score (nSPS) is 15.0. The van der Waals surface area contributed by atoms with E-state index in [1.807, 2.05) is 48.5 Å². The van der Waals surface area contributed by atoms with Gasteiger partial charge in [0, 0.05) is 39.0 Å². The fourth-order valence-electron chi connectivity index (χ4n) is 3.96. The third-order valence-electron chi connectivity index (χ3n) is 5.98. The lowest BCUT2D eigenvalue weighted by Gasteiger charge is -2.23. The van der Waals surface area contributed by atoms with Gasteiger partial charge in [-0.1, -0.05) is 37.3 Å². The first-order chi connectivity index (χ1) is 17.9. The Morgan fingerprint density at radius 3 is 2.51 bits per heavy atom. The highest BCUT2D eigenvalue weighted by Crippen LogP contribution is 2.21. The maximum absolute atomic E-state index is 12.3. The third-order valence-corrected chi connectivity index (χ3v) is 5.98. The SMILES string of the molecule is CCN(CCOC)Cc1ccc(N=C(N)/N=C(/N)NC(=O)Nc2ccc(C3=CCCN(C)C3)cc2)cc1. The topological polar surface area (TPSA) is 134 Å². The molecule has 0 aromatic heterocycles. The van der Waals surface area contributed by atoms with E-state index in [4.69, 9.17) is 16.2 Å². The first-order valence-electron chi connectivity index (χ1n) is 12.4. The van der Waals surface area contributed by atoms with E-state index in [-0.39, 0.29) is 11.9 Å². The number of urea groups is 1. The molecule has 1 heterocycles. The number of carbonyl (C=O) groups is 1. The van der Waals surface area contributed by atoms with E-state index in [9.17, 15) is 4.79 Å². The number of nitrogens with zero attached hydrogens (tertiary/aromatic N) is 4. The van der Waals surface area contributed by atoms with Crippen molar-refractivity contribution in [1.29, 1.82) is 0 Å². The van der Waals surface area contributed by atoms with Gasteiger partial charge in [-0.3, -0.25) is 10.2 Å². The van der Waals surface area contributed by atoms with E-state index in [1.165, 1.54) is 5.57 Å². The Morgan fingerprint density at radius 1 is 1.14 bits per heavy atom. The van der Waals surface area contributed by atoms with Crippen molar-refractivity contribution in [3.8, 4) is 0 Å². The largest absolute Gasteiger partial charge is 0.383 e. The minimum absolute atomic E-state index is 0.0593. The van der Waals surface area contributed by atoms with Crippen molar-refractivity contribution in [2.75, 3.05) is 52.3 Å². The number of guanidine groups is 2. The molecule has 37 heavy (non-hydrogen) atoms. The molecular weight excluding hydrogens is 468 g/mol. The molecule has 0 bridgehead atoms. The molecule has 10 heteroatoms. The second kappa shape index (κ2) is 14.1. The van der Waals surface area contributed by atoms with E-state index in [1.54, 1.807) is 7.11 Å². The molecule has 0 radical (unpaired) electrons. The Kier molecular flexibility index (Phi) is 10.6. The van der Waals surface area contributed by atoms with Crippen LogP contribution in [0.4, 0.5) is 16.2 Å². The van der Waals surface area contributed by atoms with Gasteiger partial charge in [0.2, 0.25) is 11.9 Å². The van der Waals surface area contributed by atoms with Crippen LogP contribution in [0.3, 0.4) is 0 Å². The molecule has 0 saturated carbocycles. The van der Waals surface area contributed by atoms with Gasteiger partial charge in [-0.25, -0.2) is 9.79 Å². The van der Waals surface area contributed by atoms with Crippen molar-refractivity contribution in [3.63, 3.8) is 0 Å². The van der Waals surface area contributed by atoms with Crippen LogP contribution in [0, 0.1) is 0 Å². The summed E-state index contributed by atoms with van der Waals surface area (Å²) in [5.41, 5.74) is 16.6. The second-order valence-electron chi connectivity index (χ2n) is 8.91. The monoisotopic (exact) mass is 506 g/mol. The van der Waals surface area contributed by atoms with Gasteiger partial charge >= 0.3 is 6.03 Å². The number of rotatable bonds is 9. The molecule has 0 aliphatic carbocycles. The second-order valence-corrected chi connectivity index (χ2v) is 8.91. The van der Waals surface area contributed by atoms with Gasteiger partial charge in [-0.05, 0) is 61.0 Å². The Bertz CT molecular complexity index is 1110. The Labute approximate surface area is 219 Å². The summed E-state index contributed by atoms with van der Waals surface area (Å²) in [5.74, 6) is -0.213. The van der Waals surface area contributed by atoms with Crippen LogP contribution >= 0.6 is 0 Å². The van der Waals surface area contributed by atoms with E-state index in [0.29, 0.717) is 18.0 Å². The molecule has 10 nitrogen and oxygen atoms in total. The van der Waals surface area contributed by atoms with E-state index in [2.05, 4.69) is 50.5 Å². The number of hydrogen-bond donors (Lipinski definition) is 4. The molecule has 1 aliphatic rings. The van der Waals surface area contributed by atoms with Crippen LogP contribution in [0.5, 0.6) is 0 Å². The van der Waals surface area contributed by atoms with Crippen LogP contribution in [0.2, 0.25) is 0 Å². The molecule has 2 aromatic rings. The summed E-state index contributed by atoms with van der Waals surface area (Å²) in [5, 5.41) is 5.21. The van der Waals surface area contributed by atoms with Crippen molar-refractivity contribution in [3.05, 3.63) is 65.7 Å². The maximum Gasteiger partial charge on any atom is 0.325 e. The first kappa shape index (κ1) is 27.9. The highest BCUT2D eigenvalue weighted by atomic mass is 16.5. The van der Waals surface area contributed by atoms with Gasteiger partial charge in [-0.2, -0.15) is 4.99 Å². The summed E-state index contributed by atoms with van der Waals surface area (Å²) in [6.07, 6.45) is 3.30. The van der Waals surface area contributed by atoms with Gasteiger partial charge in [0.05, 0.1) is 12.3 Å². The molecule has 2 amide bonds.